The van der Waals surface area contributed by atoms with Crippen LogP contribution in [0.25, 0.3) is 10.4 Å². The molecule has 0 unspecified atom stereocenters. The fourth-order valence-electron chi connectivity index (χ4n) is 5.66. The average molecular weight is 340 g/mol. The Morgan fingerprint density at radius 3 is 3.04 bits per heavy atom. The van der Waals surface area contributed by atoms with E-state index < -0.39 is 17.2 Å². The molecule has 1 aromatic rings. The van der Waals surface area contributed by atoms with Crippen LogP contribution in [0.15, 0.2) is 29.4 Å². The Hall–Kier alpha value is -2.21. The van der Waals surface area contributed by atoms with Crippen molar-refractivity contribution in [1.29, 1.82) is 0 Å². The fraction of sp³-hybridized carbons (Fsp3) is 0.556. The summed E-state index contributed by atoms with van der Waals surface area (Å²) in [4.78, 5) is 5.45. The van der Waals surface area contributed by atoms with Gasteiger partial charge >= 0.3 is 0 Å². The highest BCUT2D eigenvalue weighted by Gasteiger charge is 2.72. The lowest BCUT2D eigenvalue weighted by Crippen LogP contribution is -2.70. The summed E-state index contributed by atoms with van der Waals surface area (Å²) in [7, 11) is 3.74. The van der Waals surface area contributed by atoms with Crippen molar-refractivity contribution in [3.8, 4) is 11.5 Å². The summed E-state index contributed by atoms with van der Waals surface area (Å²) in [5.41, 5.74) is 9.66. The monoisotopic (exact) mass is 340 g/mol. The number of ether oxygens (including phenoxy) is 2. The maximum absolute atomic E-state index is 10.9. The Morgan fingerprint density at radius 2 is 2.28 bits per heavy atom. The number of hydrogen-bond donors (Lipinski definition) is 1. The minimum atomic E-state index is -1.35. The summed E-state index contributed by atoms with van der Waals surface area (Å²) in [6.45, 7) is 0.865. The van der Waals surface area contributed by atoms with E-state index in [1.54, 1.807) is 13.2 Å². The first-order valence-corrected chi connectivity index (χ1v) is 8.61. The first-order chi connectivity index (χ1) is 12.1. The third kappa shape index (κ3) is 1.49. The molecular weight excluding hydrogens is 320 g/mol. The quantitative estimate of drug-likeness (QED) is 0.386. The number of rotatable bonds is 2. The van der Waals surface area contributed by atoms with Crippen LogP contribution in [0.5, 0.6) is 11.5 Å². The molecule has 7 nitrogen and oxygen atoms in total. The number of methoxy groups -OCH3 is 1. The summed E-state index contributed by atoms with van der Waals surface area (Å²) in [6.07, 6.45) is 4.50. The molecule has 5 rings (SSSR count). The molecule has 5 atom stereocenters. The van der Waals surface area contributed by atoms with Crippen LogP contribution in [0.1, 0.15) is 17.5 Å². The van der Waals surface area contributed by atoms with Gasteiger partial charge in [0.25, 0.3) is 0 Å². The molecule has 1 saturated heterocycles. The topological polar surface area (TPSA) is 90.7 Å². The summed E-state index contributed by atoms with van der Waals surface area (Å²) >= 11 is 0. The van der Waals surface area contributed by atoms with Crippen molar-refractivity contribution in [3.05, 3.63) is 45.9 Å². The molecule has 1 fully saturated rings. The van der Waals surface area contributed by atoms with Crippen molar-refractivity contribution in [2.24, 2.45) is 11.0 Å². The van der Waals surface area contributed by atoms with Gasteiger partial charge in [-0.05, 0) is 48.7 Å². The van der Waals surface area contributed by atoms with Gasteiger partial charge in [0.05, 0.1) is 12.5 Å². The normalized spacial score (nSPS) is 40.0. The van der Waals surface area contributed by atoms with Crippen LogP contribution in [0.2, 0.25) is 0 Å². The van der Waals surface area contributed by atoms with Crippen LogP contribution < -0.4 is 9.47 Å². The maximum atomic E-state index is 10.9. The van der Waals surface area contributed by atoms with E-state index in [1.165, 1.54) is 5.56 Å². The summed E-state index contributed by atoms with van der Waals surface area (Å²) in [5, 5.41) is 15.0. The zero-order chi connectivity index (χ0) is 17.4. The largest absolute Gasteiger partial charge is 0.493 e. The van der Waals surface area contributed by atoms with Crippen LogP contribution in [0.3, 0.4) is 0 Å². The highest BCUT2D eigenvalue weighted by atomic mass is 16.6. The predicted molar refractivity (Wildman–Crippen MR) is 90.6 cm³/mol. The van der Waals surface area contributed by atoms with E-state index in [-0.39, 0.29) is 5.92 Å². The Balaban J connectivity index is 1.90. The molecule has 7 heteroatoms. The number of aliphatic hydroxyl groups excluding tert-OH is 1. The second-order valence-electron chi connectivity index (χ2n) is 7.45. The Kier molecular flexibility index (Phi) is 2.83. The summed E-state index contributed by atoms with van der Waals surface area (Å²) in [6, 6.07) is 4.28. The standard InChI is InChI=1S/C18H20N4O3/c1-22-8-7-17-11-4-6-14(23)18(17,20-21-19)25-16-13(24-2)5-3-10(15(16)17)9-12(11)22/h3-6,11-12,14,23H,7-9H2,1-2H3/t11-,12+,14-,17-,18-/m0/s1. The molecule has 1 N–H and O–H groups in total. The van der Waals surface area contributed by atoms with Gasteiger partial charge in [0.2, 0.25) is 5.72 Å². The molecule has 25 heavy (non-hydrogen) atoms. The zero-order valence-electron chi connectivity index (χ0n) is 14.2. The Bertz CT molecular complexity index is 849. The minimum Gasteiger partial charge on any atom is -0.493 e. The van der Waals surface area contributed by atoms with Crippen molar-refractivity contribution in [1.82, 2.24) is 4.90 Å². The van der Waals surface area contributed by atoms with Crippen molar-refractivity contribution < 1.29 is 14.6 Å². The van der Waals surface area contributed by atoms with E-state index in [0.717, 1.165) is 24.9 Å². The maximum Gasteiger partial charge on any atom is 0.227 e. The Labute approximate surface area is 145 Å². The van der Waals surface area contributed by atoms with Crippen LogP contribution >= 0.6 is 0 Å². The van der Waals surface area contributed by atoms with Crippen molar-refractivity contribution >= 4 is 0 Å². The molecule has 1 spiro atoms. The molecular formula is C18H20N4O3. The molecule has 2 aliphatic carbocycles. The zero-order valence-corrected chi connectivity index (χ0v) is 14.2. The number of likely N-dealkylation sites (tertiary alicyclic amines) is 1. The van der Waals surface area contributed by atoms with E-state index >= 15 is 0 Å². The molecule has 2 aliphatic heterocycles. The van der Waals surface area contributed by atoms with Crippen molar-refractivity contribution in [2.45, 2.75) is 36.1 Å². The molecule has 1 aromatic carbocycles. The lowest BCUT2D eigenvalue weighted by atomic mass is 9.51. The molecule has 4 aliphatic rings. The SMILES string of the molecule is COc1ccc2c3c1O[C@@]1(N=[N+]=[N-])[C@@H](O)C=C[C@H]4[C@@H](C2)N(C)CC[C@@]341. The van der Waals surface area contributed by atoms with Crippen molar-refractivity contribution in [3.63, 3.8) is 0 Å². The van der Waals surface area contributed by atoms with Gasteiger partial charge in [-0.3, -0.25) is 0 Å². The van der Waals surface area contributed by atoms with Gasteiger partial charge in [-0.1, -0.05) is 18.2 Å². The fourth-order valence-corrected chi connectivity index (χ4v) is 5.66. The van der Waals surface area contributed by atoms with Crippen LogP contribution in [0.4, 0.5) is 0 Å². The van der Waals surface area contributed by atoms with E-state index in [9.17, 15) is 10.6 Å². The van der Waals surface area contributed by atoms with E-state index in [1.807, 2.05) is 6.07 Å². The van der Waals surface area contributed by atoms with Crippen LogP contribution in [-0.4, -0.2) is 48.6 Å². The van der Waals surface area contributed by atoms with E-state index in [2.05, 4.69) is 34.1 Å². The number of benzene rings is 1. The number of azide groups is 1. The van der Waals surface area contributed by atoms with Crippen LogP contribution in [0, 0.1) is 5.92 Å². The van der Waals surface area contributed by atoms with Gasteiger partial charge in [0.15, 0.2) is 11.5 Å². The Morgan fingerprint density at radius 1 is 1.44 bits per heavy atom. The van der Waals surface area contributed by atoms with Gasteiger partial charge in [-0.25, -0.2) is 0 Å². The first-order valence-electron chi connectivity index (χ1n) is 8.61. The second-order valence-corrected chi connectivity index (χ2v) is 7.45. The van der Waals surface area contributed by atoms with Crippen molar-refractivity contribution in [2.75, 3.05) is 20.7 Å². The first kappa shape index (κ1) is 15.1. The molecule has 0 amide bonds. The second kappa shape index (κ2) is 4.69. The number of piperidine rings is 1. The molecule has 2 bridgehead atoms. The lowest BCUT2D eigenvalue weighted by Gasteiger charge is -2.59. The van der Waals surface area contributed by atoms with E-state index in [0.29, 0.717) is 17.5 Å². The van der Waals surface area contributed by atoms with Gasteiger partial charge in [0, 0.05) is 22.4 Å². The number of hydrogen-bond acceptors (Lipinski definition) is 5. The molecule has 2 heterocycles. The highest BCUT2D eigenvalue weighted by Crippen LogP contribution is 2.66. The summed E-state index contributed by atoms with van der Waals surface area (Å²) < 4.78 is 11.8. The molecule has 0 saturated carbocycles. The number of aliphatic hydroxyl groups is 1. The van der Waals surface area contributed by atoms with Gasteiger partial charge < -0.3 is 19.5 Å². The van der Waals surface area contributed by atoms with Gasteiger partial charge in [-0.2, -0.15) is 0 Å². The predicted octanol–water partition coefficient (Wildman–Crippen LogP) is 2.14. The highest BCUT2D eigenvalue weighted by molar-refractivity contribution is 5.63. The lowest BCUT2D eigenvalue weighted by molar-refractivity contribution is -0.117. The van der Waals surface area contributed by atoms with Crippen LogP contribution in [-0.2, 0) is 11.8 Å². The minimum absolute atomic E-state index is 0.126. The number of likely N-dealkylation sites (N-methyl/N-ethyl adjacent to an activating group) is 1. The third-order valence-electron chi connectivity index (χ3n) is 6.70. The van der Waals surface area contributed by atoms with Gasteiger partial charge in [-0.15, -0.1) is 0 Å². The third-order valence-corrected chi connectivity index (χ3v) is 6.70. The van der Waals surface area contributed by atoms with Gasteiger partial charge in [0.1, 0.15) is 6.10 Å². The van der Waals surface area contributed by atoms with E-state index in [4.69, 9.17) is 9.47 Å². The number of nitrogens with zero attached hydrogens (tertiary/aromatic N) is 4. The average Bonchev–Trinajstić information content (AvgIpc) is 2.91. The molecule has 0 aromatic heterocycles. The summed E-state index contributed by atoms with van der Waals surface area (Å²) in [5.74, 6) is 1.38. The molecule has 0 radical (unpaired) electrons. The smallest absolute Gasteiger partial charge is 0.227 e. The molecule has 130 valence electrons.